The molecule has 0 unspecified atom stereocenters. The quantitative estimate of drug-likeness (QED) is 0.760. The van der Waals surface area contributed by atoms with Gasteiger partial charge in [0.25, 0.3) is 5.92 Å². The molecule has 88 valence electrons. The van der Waals surface area contributed by atoms with E-state index >= 15 is 0 Å². The second-order valence-electron chi connectivity index (χ2n) is 4.14. The fourth-order valence-corrected chi connectivity index (χ4v) is 1.74. The highest BCUT2D eigenvalue weighted by Gasteiger charge is 2.40. The van der Waals surface area contributed by atoms with Crippen molar-refractivity contribution in [3.63, 3.8) is 0 Å². The van der Waals surface area contributed by atoms with E-state index in [9.17, 15) is 13.6 Å². The van der Waals surface area contributed by atoms with E-state index in [4.69, 9.17) is 0 Å². The zero-order chi connectivity index (χ0) is 11.8. The highest BCUT2D eigenvalue weighted by Crippen LogP contribution is 2.26. The number of alkyl halides is 2. The van der Waals surface area contributed by atoms with Crippen LogP contribution < -0.4 is 0 Å². The minimum atomic E-state index is -2.73. The molecule has 1 aromatic rings. The zero-order valence-electron chi connectivity index (χ0n) is 8.99. The number of halogens is 2. The monoisotopic (exact) mass is 229 g/mol. The van der Waals surface area contributed by atoms with Gasteiger partial charge in [-0.25, -0.2) is 8.78 Å². The molecular formula is C10H13F2N3O. The van der Waals surface area contributed by atoms with Gasteiger partial charge in [0.15, 0.2) is 0 Å². The second kappa shape index (κ2) is 3.84. The van der Waals surface area contributed by atoms with Gasteiger partial charge in [-0.1, -0.05) is 0 Å². The largest absolute Gasteiger partial charge is 0.335 e. The van der Waals surface area contributed by atoms with Crippen LogP contribution in [-0.4, -0.2) is 39.6 Å². The van der Waals surface area contributed by atoms with E-state index in [-0.39, 0.29) is 25.4 Å². The van der Waals surface area contributed by atoms with Crippen LogP contribution in [0.15, 0.2) is 12.4 Å². The summed E-state index contributed by atoms with van der Waals surface area (Å²) in [6.45, 7) is 1.56. The molecule has 1 aliphatic rings. The van der Waals surface area contributed by atoms with Crippen molar-refractivity contribution in [3.05, 3.63) is 18.0 Å². The molecule has 6 heteroatoms. The number of carbonyl (C=O) groups is 1. The highest BCUT2D eigenvalue weighted by molar-refractivity contribution is 5.76. The summed E-state index contributed by atoms with van der Waals surface area (Å²) in [6, 6.07) is 0. The summed E-state index contributed by atoms with van der Waals surface area (Å²) in [4.78, 5) is 12.8. The first-order valence-electron chi connectivity index (χ1n) is 5.11. The summed E-state index contributed by atoms with van der Waals surface area (Å²) in [5.74, 6) is -3.03. The van der Waals surface area contributed by atoms with Crippen LogP contribution in [0.4, 0.5) is 8.78 Å². The third-order valence-corrected chi connectivity index (χ3v) is 2.58. The molecule has 1 aromatic heterocycles. The van der Waals surface area contributed by atoms with E-state index in [0.717, 1.165) is 5.56 Å². The van der Waals surface area contributed by atoms with Crippen molar-refractivity contribution in [1.82, 2.24) is 14.7 Å². The summed E-state index contributed by atoms with van der Waals surface area (Å²) in [7, 11) is 0. The lowest BCUT2D eigenvalue weighted by atomic mass is 10.3. The van der Waals surface area contributed by atoms with Crippen molar-refractivity contribution in [2.45, 2.75) is 25.8 Å². The Balaban J connectivity index is 1.94. The maximum Gasteiger partial charge on any atom is 0.267 e. The number of hydrogen-bond acceptors (Lipinski definition) is 2. The van der Waals surface area contributed by atoms with Gasteiger partial charge in [-0.2, -0.15) is 5.10 Å². The highest BCUT2D eigenvalue weighted by atomic mass is 19.3. The van der Waals surface area contributed by atoms with Crippen molar-refractivity contribution in [3.8, 4) is 0 Å². The molecule has 0 aliphatic carbocycles. The molecule has 1 fully saturated rings. The minimum absolute atomic E-state index is 0.0317. The molecule has 16 heavy (non-hydrogen) atoms. The Hall–Kier alpha value is -1.46. The molecule has 2 heterocycles. The minimum Gasteiger partial charge on any atom is -0.335 e. The zero-order valence-corrected chi connectivity index (χ0v) is 8.99. The number of likely N-dealkylation sites (tertiary alicyclic amines) is 1. The van der Waals surface area contributed by atoms with Crippen LogP contribution in [0.2, 0.25) is 0 Å². The van der Waals surface area contributed by atoms with E-state index in [0.29, 0.717) is 0 Å². The van der Waals surface area contributed by atoms with Crippen LogP contribution >= 0.6 is 0 Å². The lowest BCUT2D eigenvalue weighted by Crippen LogP contribution is -2.34. The molecular weight excluding hydrogens is 216 g/mol. The summed E-state index contributed by atoms with van der Waals surface area (Å²) in [5, 5.41) is 3.95. The van der Waals surface area contributed by atoms with Crippen molar-refractivity contribution in [2.24, 2.45) is 0 Å². The van der Waals surface area contributed by atoms with Crippen molar-refractivity contribution in [2.75, 3.05) is 13.1 Å². The van der Waals surface area contributed by atoms with E-state index in [1.54, 1.807) is 12.4 Å². The molecule has 0 bridgehead atoms. The summed E-state index contributed by atoms with van der Waals surface area (Å²) in [5.41, 5.74) is 0.944. The molecule has 4 nitrogen and oxygen atoms in total. The van der Waals surface area contributed by atoms with Crippen LogP contribution in [0, 0.1) is 6.92 Å². The first-order chi connectivity index (χ1) is 7.46. The second-order valence-corrected chi connectivity index (χ2v) is 4.14. The summed E-state index contributed by atoms with van der Waals surface area (Å²) >= 11 is 0. The number of carbonyl (C=O) groups excluding carboxylic acids is 1. The Morgan fingerprint density at radius 3 is 2.88 bits per heavy atom. The van der Waals surface area contributed by atoms with Crippen LogP contribution in [0.25, 0.3) is 0 Å². The van der Waals surface area contributed by atoms with E-state index < -0.39 is 12.5 Å². The topological polar surface area (TPSA) is 38.1 Å². The number of nitrogens with zero attached hydrogens (tertiary/aromatic N) is 3. The molecule has 0 aromatic carbocycles. The Morgan fingerprint density at radius 2 is 2.38 bits per heavy atom. The molecule has 2 rings (SSSR count). The number of amides is 1. The van der Waals surface area contributed by atoms with E-state index in [1.165, 1.54) is 9.58 Å². The van der Waals surface area contributed by atoms with Gasteiger partial charge in [0, 0.05) is 19.2 Å². The molecule has 0 radical (unpaired) electrons. The van der Waals surface area contributed by atoms with Crippen molar-refractivity contribution in [1.29, 1.82) is 0 Å². The molecule has 0 N–H and O–H groups in total. The predicted molar refractivity (Wildman–Crippen MR) is 53.1 cm³/mol. The van der Waals surface area contributed by atoms with E-state index in [2.05, 4.69) is 5.10 Å². The lowest BCUT2D eigenvalue weighted by Gasteiger charge is -2.15. The standard InChI is InChI=1S/C10H13F2N3O/c1-8-4-13-15(5-8)6-9(16)14-3-2-10(11,12)7-14/h4-5H,2-3,6-7H2,1H3. The number of rotatable bonds is 2. The van der Waals surface area contributed by atoms with Crippen LogP contribution in [-0.2, 0) is 11.3 Å². The maximum atomic E-state index is 12.9. The lowest BCUT2D eigenvalue weighted by molar-refractivity contribution is -0.132. The fraction of sp³-hybridized carbons (Fsp3) is 0.600. The number of aromatic nitrogens is 2. The van der Waals surface area contributed by atoms with Crippen molar-refractivity contribution < 1.29 is 13.6 Å². The predicted octanol–water partition coefficient (Wildman–Crippen LogP) is 1.06. The Labute approximate surface area is 91.8 Å². The SMILES string of the molecule is Cc1cnn(CC(=O)N2CCC(F)(F)C2)c1. The van der Waals surface area contributed by atoms with Gasteiger partial charge in [-0.15, -0.1) is 0 Å². The van der Waals surface area contributed by atoms with Gasteiger partial charge in [-0.05, 0) is 12.5 Å². The molecule has 1 saturated heterocycles. The molecule has 1 amide bonds. The van der Waals surface area contributed by atoms with Gasteiger partial charge in [0.05, 0.1) is 12.7 Å². The Bertz CT molecular complexity index is 403. The van der Waals surface area contributed by atoms with Gasteiger partial charge >= 0.3 is 0 Å². The molecule has 0 spiro atoms. The normalized spacial score (nSPS) is 19.1. The average Bonchev–Trinajstić information content (AvgIpc) is 2.72. The average molecular weight is 229 g/mol. The third kappa shape index (κ3) is 2.37. The smallest absolute Gasteiger partial charge is 0.267 e. The van der Waals surface area contributed by atoms with Gasteiger partial charge in [0.2, 0.25) is 5.91 Å². The first-order valence-corrected chi connectivity index (χ1v) is 5.11. The van der Waals surface area contributed by atoms with Crippen LogP contribution in [0.1, 0.15) is 12.0 Å². The van der Waals surface area contributed by atoms with Gasteiger partial charge in [-0.3, -0.25) is 9.48 Å². The third-order valence-electron chi connectivity index (χ3n) is 2.58. The fourth-order valence-electron chi connectivity index (χ4n) is 1.74. The number of aryl methyl sites for hydroxylation is 1. The molecule has 0 saturated carbocycles. The maximum absolute atomic E-state index is 12.9. The summed E-state index contributed by atoms with van der Waals surface area (Å²) < 4.78 is 27.2. The molecule has 0 atom stereocenters. The van der Waals surface area contributed by atoms with Crippen LogP contribution in [0.3, 0.4) is 0 Å². The van der Waals surface area contributed by atoms with E-state index in [1.807, 2.05) is 6.92 Å². The Kier molecular flexibility index (Phi) is 2.65. The van der Waals surface area contributed by atoms with Crippen molar-refractivity contribution >= 4 is 5.91 Å². The summed E-state index contributed by atoms with van der Waals surface area (Å²) in [6.07, 6.45) is 3.11. The first kappa shape index (κ1) is 11.0. The number of hydrogen-bond donors (Lipinski definition) is 0. The van der Waals surface area contributed by atoms with Gasteiger partial charge < -0.3 is 4.90 Å². The Morgan fingerprint density at radius 1 is 1.62 bits per heavy atom. The molecule has 1 aliphatic heterocycles. The van der Waals surface area contributed by atoms with Gasteiger partial charge in [0.1, 0.15) is 6.54 Å². The van der Waals surface area contributed by atoms with Crippen LogP contribution in [0.5, 0.6) is 0 Å².